The molecule has 1 atom stereocenters. The molecular weight excluding hydrogens is 464 g/mol. The Labute approximate surface area is 197 Å². The van der Waals surface area contributed by atoms with Crippen LogP contribution >= 0.6 is 11.3 Å². The summed E-state index contributed by atoms with van der Waals surface area (Å²) >= 11 is 1.44. The van der Waals surface area contributed by atoms with Gasteiger partial charge in [-0.25, -0.2) is 13.2 Å². The first-order valence-corrected chi connectivity index (χ1v) is 13.3. The molecule has 4 rings (SSSR count). The van der Waals surface area contributed by atoms with E-state index in [-0.39, 0.29) is 4.90 Å². The quantitative estimate of drug-likeness (QED) is 0.622. The Balaban J connectivity index is 1.38. The van der Waals surface area contributed by atoms with Crippen molar-refractivity contribution >= 4 is 38.9 Å². The van der Waals surface area contributed by atoms with Gasteiger partial charge in [-0.15, -0.1) is 11.3 Å². The summed E-state index contributed by atoms with van der Waals surface area (Å²) in [4.78, 5) is 26.7. The third kappa shape index (κ3) is 5.46. The second kappa shape index (κ2) is 9.92. The molecule has 1 aromatic heterocycles. The van der Waals surface area contributed by atoms with E-state index in [4.69, 9.17) is 9.47 Å². The largest absolute Gasteiger partial charge is 0.451 e. The van der Waals surface area contributed by atoms with E-state index in [1.165, 1.54) is 38.2 Å². The van der Waals surface area contributed by atoms with E-state index < -0.39 is 28.5 Å². The van der Waals surface area contributed by atoms with E-state index in [0.717, 1.165) is 19.3 Å². The molecule has 0 spiro atoms. The molecule has 1 unspecified atom stereocenters. The number of amides is 1. The molecule has 10 heteroatoms. The van der Waals surface area contributed by atoms with Crippen molar-refractivity contribution in [1.82, 2.24) is 4.31 Å². The number of nitrogens with one attached hydrogen (secondary N) is 1. The maximum Gasteiger partial charge on any atom is 0.348 e. The number of nitrogens with zero attached hydrogens (tertiary/aromatic N) is 1. The standard InChI is InChI=1S/C23H28N2O6S2/c1-15-3-6-20-17(11-15)12-21(32-20)23(27)31-14-22(26)24-19-13-18(5-4-16(19)2)33(28,29)25-7-9-30-10-8-25/h4-5,12-13,15H,3,6-11,14H2,1-2H3,(H,24,26). The number of esters is 1. The van der Waals surface area contributed by atoms with Crippen molar-refractivity contribution in [2.75, 3.05) is 38.2 Å². The highest BCUT2D eigenvalue weighted by atomic mass is 32.2. The highest BCUT2D eigenvalue weighted by molar-refractivity contribution is 7.89. The van der Waals surface area contributed by atoms with Gasteiger partial charge in [-0.3, -0.25) is 4.79 Å². The van der Waals surface area contributed by atoms with E-state index in [1.54, 1.807) is 13.0 Å². The van der Waals surface area contributed by atoms with E-state index >= 15 is 0 Å². The molecule has 1 aliphatic carbocycles. The van der Waals surface area contributed by atoms with Crippen molar-refractivity contribution in [1.29, 1.82) is 0 Å². The van der Waals surface area contributed by atoms with Crippen LogP contribution in [0.25, 0.3) is 0 Å². The molecule has 2 aliphatic rings. The van der Waals surface area contributed by atoms with Gasteiger partial charge in [0.05, 0.1) is 18.1 Å². The number of hydrogen-bond donors (Lipinski definition) is 1. The molecule has 8 nitrogen and oxygen atoms in total. The van der Waals surface area contributed by atoms with Crippen molar-refractivity contribution < 1.29 is 27.5 Å². The van der Waals surface area contributed by atoms with Crippen LogP contribution in [-0.4, -0.2) is 57.5 Å². The molecule has 1 saturated heterocycles. The summed E-state index contributed by atoms with van der Waals surface area (Å²) < 4.78 is 37.6. The van der Waals surface area contributed by atoms with Crippen molar-refractivity contribution in [2.45, 2.75) is 38.0 Å². The van der Waals surface area contributed by atoms with Crippen molar-refractivity contribution in [3.05, 3.63) is 45.1 Å². The highest BCUT2D eigenvalue weighted by Gasteiger charge is 2.27. The number of rotatable bonds is 6. The van der Waals surface area contributed by atoms with Gasteiger partial charge in [0.1, 0.15) is 4.88 Å². The number of sulfonamides is 1. The second-order valence-corrected chi connectivity index (χ2v) is 11.6. The maximum absolute atomic E-state index is 12.9. The zero-order valence-corrected chi connectivity index (χ0v) is 20.4. The Morgan fingerprint density at radius 3 is 2.76 bits per heavy atom. The van der Waals surface area contributed by atoms with Gasteiger partial charge in [-0.1, -0.05) is 13.0 Å². The van der Waals surface area contributed by atoms with Gasteiger partial charge in [0.25, 0.3) is 5.91 Å². The van der Waals surface area contributed by atoms with Gasteiger partial charge in [-0.2, -0.15) is 4.31 Å². The summed E-state index contributed by atoms with van der Waals surface area (Å²) in [5.41, 5.74) is 2.27. The lowest BCUT2D eigenvalue weighted by Gasteiger charge is -2.26. The summed E-state index contributed by atoms with van der Waals surface area (Å²) in [6, 6.07) is 6.48. The lowest BCUT2D eigenvalue weighted by atomic mass is 9.90. The van der Waals surface area contributed by atoms with Crippen LogP contribution in [0.5, 0.6) is 0 Å². The second-order valence-electron chi connectivity index (χ2n) is 8.52. The molecule has 2 aromatic rings. The Morgan fingerprint density at radius 2 is 2.00 bits per heavy atom. The van der Waals surface area contributed by atoms with Crippen LogP contribution in [-0.2, 0) is 37.1 Å². The first kappa shape index (κ1) is 23.9. The number of carbonyl (C=O) groups is 2. The van der Waals surface area contributed by atoms with Crippen LogP contribution in [0, 0.1) is 12.8 Å². The molecular formula is C23H28N2O6S2. The van der Waals surface area contributed by atoms with Gasteiger partial charge in [0.15, 0.2) is 6.61 Å². The van der Waals surface area contributed by atoms with Crippen molar-refractivity contribution in [3.63, 3.8) is 0 Å². The van der Waals surface area contributed by atoms with Gasteiger partial charge >= 0.3 is 5.97 Å². The number of morpholine rings is 1. The van der Waals surface area contributed by atoms with Gasteiger partial charge < -0.3 is 14.8 Å². The fourth-order valence-electron chi connectivity index (χ4n) is 4.03. The molecule has 0 radical (unpaired) electrons. The topological polar surface area (TPSA) is 102 Å². The summed E-state index contributed by atoms with van der Waals surface area (Å²) in [6.45, 7) is 4.81. The maximum atomic E-state index is 12.9. The average Bonchev–Trinajstić information content (AvgIpc) is 3.22. The smallest absolute Gasteiger partial charge is 0.348 e. The number of ether oxygens (including phenoxy) is 2. The zero-order chi connectivity index (χ0) is 23.6. The Morgan fingerprint density at radius 1 is 1.24 bits per heavy atom. The van der Waals surface area contributed by atoms with Crippen LogP contribution in [0.3, 0.4) is 0 Å². The van der Waals surface area contributed by atoms with Crippen molar-refractivity contribution in [2.24, 2.45) is 5.92 Å². The fraction of sp³-hybridized carbons (Fsp3) is 0.478. The Bertz CT molecular complexity index is 1150. The summed E-state index contributed by atoms with van der Waals surface area (Å²) in [5.74, 6) is -0.437. The van der Waals surface area contributed by atoms with E-state index in [0.29, 0.717) is 48.3 Å². The van der Waals surface area contributed by atoms with Gasteiger partial charge in [0, 0.05) is 23.7 Å². The molecule has 1 N–H and O–H groups in total. The van der Waals surface area contributed by atoms with Gasteiger partial charge in [-0.05, 0) is 61.4 Å². The lowest BCUT2D eigenvalue weighted by molar-refractivity contribution is -0.119. The monoisotopic (exact) mass is 492 g/mol. The minimum atomic E-state index is -3.69. The number of aryl methyl sites for hydroxylation is 2. The molecule has 1 aromatic carbocycles. The third-order valence-electron chi connectivity index (χ3n) is 5.96. The third-order valence-corrected chi connectivity index (χ3v) is 9.07. The number of anilines is 1. The normalized spacial score (nSPS) is 19.0. The van der Waals surface area contributed by atoms with Crippen molar-refractivity contribution in [3.8, 4) is 0 Å². The molecule has 2 heterocycles. The van der Waals surface area contributed by atoms with E-state index in [2.05, 4.69) is 12.2 Å². The fourth-order valence-corrected chi connectivity index (χ4v) is 6.56. The zero-order valence-electron chi connectivity index (χ0n) is 18.8. The van der Waals surface area contributed by atoms with E-state index in [1.807, 2.05) is 6.07 Å². The molecule has 1 aliphatic heterocycles. The first-order chi connectivity index (χ1) is 15.7. The summed E-state index contributed by atoms with van der Waals surface area (Å²) in [5, 5.41) is 2.67. The molecule has 1 fully saturated rings. The summed E-state index contributed by atoms with van der Waals surface area (Å²) in [7, 11) is -3.69. The number of hydrogen-bond acceptors (Lipinski definition) is 7. The van der Waals surface area contributed by atoms with Crippen LogP contribution in [0.1, 0.15) is 39.0 Å². The molecule has 0 saturated carbocycles. The van der Waals surface area contributed by atoms with Crippen LogP contribution in [0.4, 0.5) is 5.69 Å². The van der Waals surface area contributed by atoms with Crippen LogP contribution in [0.2, 0.25) is 0 Å². The number of fused-ring (bicyclic) bond motifs is 1. The minimum absolute atomic E-state index is 0.0979. The van der Waals surface area contributed by atoms with E-state index in [9.17, 15) is 18.0 Å². The lowest BCUT2D eigenvalue weighted by Crippen LogP contribution is -2.40. The Kier molecular flexibility index (Phi) is 7.18. The highest BCUT2D eigenvalue weighted by Crippen LogP contribution is 2.32. The molecule has 0 bridgehead atoms. The molecule has 178 valence electrons. The Hall–Kier alpha value is -2.27. The van der Waals surface area contributed by atoms with Crippen LogP contribution < -0.4 is 5.32 Å². The average molecular weight is 493 g/mol. The SMILES string of the molecule is Cc1ccc(S(=O)(=O)N2CCOCC2)cc1NC(=O)COC(=O)c1cc2c(s1)CCC(C)C2. The molecule has 1 amide bonds. The minimum Gasteiger partial charge on any atom is -0.451 e. The van der Waals surface area contributed by atoms with Crippen LogP contribution in [0.15, 0.2) is 29.2 Å². The number of benzene rings is 1. The van der Waals surface area contributed by atoms with Gasteiger partial charge in [0.2, 0.25) is 10.0 Å². The predicted octanol–water partition coefficient (Wildman–Crippen LogP) is 3.00. The number of carbonyl (C=O) groups excluding carboxylic acids is 2. The summed E-state index contributed by atoms with van der Waals surface area (Å²) in [6.07, 6.45) is 3.05. The predicted molar refractivity (Wildman–Crippen MR) is 125 cm³/mol. The number of thiophene rings is 1. The first-order valence-electron chi connectivity index (χ1n) is 11.0. The molecule has 33 heavy (non-hydrogen) atoms.